The van der Waals surface area contributed by atoms with Crippen LogP contribution >= 0.6 is 0 Å². The molecule has 0 radical (unpaired) electrons. The molecule has 0 aliphatic heterocycles. The highest BCUT2D eigenvalue weighted by atomic mass is 15.0. The lowest BCUT2D eigenvalue weighted by atomic mass is 9.98. The molecule has 0 bridgehead atoms. The van der Waals surface area contributed by atoms with Gasteiger partial charge in [0.25, 0.3) is 0 Å². The van der Waals surface area contributed by atoms with Crippen LogP contribution in [0.3, 0.4) is 0 Å². The summed E-state index contributed by atoms with van der Waals surface area (Å²) >= 11 is 0. The molecule has 0 saturated carbocycles. The van der Waals surface area contributed by atoms with E-state index in [2.05, 4.69) is 229 Å². The van der Waals surface area contributed by atoms with Gasteiger partial charge in [0, 0.05) is 68.4 Å². The van der Waals surface area contributed by atoms with Crippen LogP contribution in [0, 0.1) is 0 Å². The molecule has 0 amide bonds. The monoisotopic (exact) mass is 852 g/mol. The maximum atomic E-state index is 5.06. The summed E-state index contributed by atoms with van der Waals surface area (Å²) in [5.41, 5.74) is 16.1. The Hall–Kier alpha value is -8.99. The molecular formula is C63H40N4. The molecule has 67 heavy (non-hydrogen) atoms. The maximum absolute atomic E-state index is 5.06. The molecule has 0 fully saturated rings. The summed E-state index contributed by atoms with van der Waals surface area (Å²) in [6.45, 7) is 0. The number of aromatic nitrogens is 4. The van der Waals surface area contributed by atoms with Gasteiger partial charge in [-0.3, -0.25) is 15.0 Å². The summed E-state index contributed by atoms with van der Waals surface area (Å²) < 4.78 is 2.38. The molecule has 0 atom stereocenters. The Balaban J connectivity index is 0.898. The highest BCUT2D eigenvalue weighted by Crippen LogP contribution is 2.39. The fraction of sp³-hybridized carbons (Fsp3) is 0. The molecule has 4 heterocycles. The first-order chi connectivity index (χ1) is 33.2. The molecule has 13 rings (SSSR count). The molecule has 0 aliphatic carbocycles. The van der Waals surface area contributed by atoms with Crippen molar-refractivity contribution in [2.24, 2.45) is 0 Å². The van der Waals surface area contributed by atoms with Crippen LogP contribution in [0.4, 0.5) is 0 Å². The van der Waals surface area contributed by atoms with Gasteiger partial charge in [0.05, 0.1) is 28.1 Å². The van der Waals surface area contributed by atoms with Gasteiger partial charge in [-0.05, 0) is 91.5 Å². The molecule has 4 heteroatoms. The summed E-state index contributed by atoms with van der Waals surface area (Å²) in [7, 11) is 0. The summed E-state index contributed by atoms with van der Waals surface area (Å²) in [4.78, 5) is 15.1. The maximum Gasteiger partial charge on any atom is 0.0703 e. The highest BCUT2D eigenvalue weighted by molar-refractivity contribution is 6.11. The normalized spacial score (nSPS) is 11.6. The standard InChI is InChI=1S/C63H40N4/c1-4-16-51-41(10-1)13-7-19-54(51)47-26-33-59(64-38-47)44-22-29-50(30-23-44)67-62-36-45(60-34-27-48(39-65-60)55-20-8-14-42-11-2-5-17-52(42)55)24-31-57(62)58-32-25-46(37-63(58)67)61-35-28-49(40-66-61)56-21-9-15-43-12-3-6-18-53(43)56/h1-40H. The molecule has 4 nitrogen and oxygen atoms in total. The summed E-state index contributed by atoms with van der Waals surface area (Å²) in [5.74, 6) is 0. The van der Waals surface area contributed by atoms with E-state index in [0.29, 0.717) is 0 Å². The number of pyridine rings is 3. The zero-order chi connectivity index (χ0) is 44.3. The Bertz CT molecular complexity index is 3800. The molecule has 0 unspecified atom stereocenters. The second-order valence-electron chi connectivity index (χ2n) is 17.2. The van der Waals surface area contributed by atoms with Gasteiger partial charge in [-0.2, -0.15) is 0 Å². The lowest BCUT2D eigenvalue weighted by molar-refractivity contribution is 1.18. The summed E-state index contributed by atoms with van der Waals surface area (Å²) in [6, 6.07) is 80.1. The quantitative estimate of drug-likeness (QED) is 0.160. The molecule has 9 aromatic carbocycles. The van der Waals surface area contributed by atoms with Crippen molar-refractivity contribution in [1.29, 1.82) is 0 Å². The molecule has 0 aliphatic rings. The average Bonchev–Trinajstić information content (AvgIpc) is 3.73. The first kappa shape index (κ1) is 38.5. The van der Waals surface area contributed by atoms with Crippen LogP contribution in [-0.2, 0) is 0 Å². The van der Waals surface area contributed by atoms with Gasteiger partial charge in [0.2, 0.25) is 0 Å². The summed E-state index contributed by atoms with van der Waals surface area (Å²) in [6.07, 6.45) is 6.00. The minimum atomic E-state index is 0.923. The zero-order valence-electron chi connectivity index (χ0n) is 36.4. The van der Waals surface area contributed by atoms with Crippen molar-refractivity contribution in [3.8, 4) is 72.8 Å². The van der Waals surface area contributed by atoms with E-state index in [-0.39, 0.29) is 0 Å². The fourth-order valence-corrected chi connectivity index (χ4v) is 10.00. The minimum absolute atomic E-state index is 0.923. The zero-order valence-corrected chi connectivity index (χ0v) is 36.4. The fourth-order valence-electron chi connectivity index (χ4n) is 10.00. The second-order valence-corrected chi connectivity index (χ2v) is 17.2. The smallest absolute Gasteiger partial charge is 0.0703 e. The van der Waals surface area contributed by atoms with Crippen LogP contribution in [0.5, 0.6) is 0 Å². The lowest BCUT2D eigenvalue weighted by Crippen LogP contribution is -1.95. The van der Waals surface area contributed by atoms with Crippen LogP contribution in [0.2, 0.25) is 0 Å². The van der Waals surface area contributed by atoms with Crippen molar-refractivity contribution in [3.63, 3.8) is 0 Å². The van der Waals surface area contributed by atoms with Crippen LogP contribution in [0.25, 0.3) is 127 Å². The van der Waals surface area contributed by atoms with Gasteiger partial charge in [-0.25, -0.2) is 0 Å². The largest absolute Gasteiger partial charge is 0.309 e. The van der Waals surface area contributed by atoms with E-state index in [4.69, 9.17) is 15.0 Å². The molecule has 0 spiro atoms. The number of benzene rings is 9. The first-order valence-corrected chi connectivity index (χ1v) is 22.7. The molecule has 0 saturated heterocycles. The van der Waals surface area contributed by atoms with Crippen LogP contribution in [0.1, 0.15) is 0 Å². The van der Waals surface area contributed by atoms with Crippen molar-refractivity contribution in [2.75, 3.05) is 0 Å². The van der Waals surface area contributed by atoms with Gasteiger partial charge in [-0.1, -0.05) is 182 Å². The molecule has 0 N–H and O–H groups in total. The van der Waals surface area contributed by atoms with Crippen molar-refractivity contribution in [3.05, 3.63) is 243 Å². The first-order valence-electron chi connectivity index (χ1n) is 22.7. The Morgan fingerprint density at radius 3 is 0.985 bits per heavy atom. The predicted octanol–water partition coefficient (Wildman–Crippen LogP) is 16.4. The highest BCUT2D eigenvalue weighted by Gasteiger charge is 2.17. The van der Waals surface area contributed by atoms with Gasteiger partial charge in [0.1, 0.15) is 0 Å². The van der Waals surface area contributed by atoms with Gasteiger partial charge in [-0.15, -0.1) is 0 Å². The molecular weight excluding hydrogens is 813 g/mol. The SMILES string of the molecule is c1ccc2c(-c3ccc(-c4ccc(-n5c6cc(-c7ccc(-c8cccc9ccccc89)cn7)ccc6c6ccc(-c7ccc(-c8cccc9ccccc89)cn7)cc65)cc4)nc3)cccc2c1. The van der Waals surface area contributed by atoms with E-state index < -0.39 is 0 Å². The molecule has 312 valence electrons. The van der Waals surface area contributed by atoms with Crippen molar-refractivity contribution in [2.45, 2.75) is 0 Å². The average molecular weight is 853 g/mol. The van der Waals surface area contributed by atoms with Crippen molar-refractivity contribution >= 4 is 54.1 Å². The lowest BCUT2D eigenvalue weighted by Gasteiger charge is -2.12. The topological polar surface area (TPSA) is 43.6 Å². The van der Waals surface area contributed by atoms with Gasteiger partial charge < -0.3 is 4.57 Å². The summed E-state index contributed by atoms with van der Waals surface area (Å²) in [5, 5.41) is 9.68. The number of hydrogen-bond acceptors (Lipinski definition) is 3. The number of rotatable bonds is 7. The van der Waals surface area contributed by atoms with E-state index in [9.17, 15) is 0 Å². The van der Waals surface area contributed by atoms with E-state index >= 15 is 0 Å². The third-order valence-corrected chi connectivity index (χ3v) is 13.4. The van der Waals surface area contributed by atoms with E-state index in [1.807, 2.05) is 18.6 Å². The van der Waals surface area contributed by atoms with Crippen molar-refractivity contribution in [1.82, 2.24) is 19.5 Å². The van der Waals surface area contributed by atoms with Gasteiger partial charge in [0.15, 0.2) is 0 Å². The van der Waals surface area contributed by atoms with Crippen LogP contribution in [-0.4, -0.2) is 19.5 Å². The Labute approximate surface area is 387 Å². The van der Waals surface area contributed by atoms with E-state index in [1.54, 1.807) is 0 Å². The Morgan fingerprint density at radius 1 is 0.254 bits per heavy atom. The predicted molar refractivity (Wildman–Crippen MR) is 279 cm³/mol. The number of nitrogens with zero attached hydrogens (tertiary/aromatic N) is 4. The van der Waals surface area contributed by atoms with Crippen LogP contribution in [0.15, 0.2) is 243 Å². The van der Waals surface area contributed by atoms with Gasteiger partial charge >= 0.3 is 0 Å². The van der Waals surface area contributed by atoms with E-state index in [0.717, 1.165) is 67.2 Å². The Morgan fingerprint density at radius 2 is 0.597 bits per heavy atom. The molecule has 13 aromatic rings. The number of fused-ring (bicyclic) bond motifs is 6. The van der Waals surface area contributed by atoms with E-state index in [1.165, 1.54) is 59.8 Å². The molecule has 4 aromatic heterocycles. The third-order valence-electron chi connectivity index (χ3n) is 13.4. The Kier molecular flexibility index (Phi) is 9.14. The van der Waals surface area contributed by atoms with Crippen LogP contribution < -0.4 is 0 Å². The minimum Gasteiger partial charge on any atom is -0.309 e. The third kappa shape index (κ3) is 6.74. The van der Waals surface area contributed by atoms with Crippen molar-refractivity contribution < 1.29 is 0 Å². The number of hydrogen-bond donors (Lipinski definition) is 0. The second kappa shape index (κ2) is 15.9.